The van der Waals surface area contributed by atoms with Crippen molar-refractivity contribution in [1.29, 1.82) is 0 Å². The number of ether oxygens (including phenoxy) is 1. The van der Waals surface area contributed by atoms with E-state index < -0.39 is 6.10 Å². The van der Waals surface area contributed by atoms with Crippen LogP contribution in [0.4, 0.5) is 0 Å². The summed E-state index contributed by atoms with van der Waals surface area (Å²) in [7, 11) is 0. The smallest absolute Gasteiger partial charge is 0.119 e. The van der Waals surface area contributed by atoms with Gasteiger partial charge in [-0.25, -0.2) is 0 Å². The minimum atomic E-state index is -0.456. The fourth-order valence-corrected chi connectivity index (χ4v) is 1.80. The van der Waals surface area contributed by atoms with E-state index in [9.17, 15) is 5.11 Å². The quantitative estimate of drug-likeness (QED) is 0.871. The molecule has 0 bridgehead atoms. The zero-order chi connectivity index (χ0) is 12.8. The molecule has 1 atom stereocenters. The maximum absolute atomic E-state index is 9.50. The van der Waals surface area contributed by atoms with Crippen LogP contribution in [0.5, 0.6) is 5.75 Å². The molecule has 94 valence electrons. The molecule has 0 spiro atoms. The highest BCUT2D eigenvalue weighted by Crippen LogP contribution is 2.18. The monoisotopic (exact) mass is 242 g/mol. The van der Waals surface area contributed by atoms with Gasteiger partial charge >= 0.3 is 0 Å². The Morgan fingerprint density at radius 1 is 1.06 bits per heavy atom. The van der Waals surface area contributed by atoms with E-state index in [0.29, 0.717) is 6.61 Å². The van der Waals surface area contributed by atoms with E-state index in [4.69, 9.17) is 4.74 Å². The van der Waals surface area contributed by atoms with Crippen LogP contribution < -0.4 is 4.74 Å². The Morgan fingerprint density at radius 2 is 1.83 bits per heavy atom. The molecule has 18 heavy (non-hydrogen) atoms. The second-order valence-corrected chi connectivity index (χ2v) is 4.33. The van der Waals surface area contributed by atoms with E-state index in [1.807, 2.05) is 42.5 Å². The summed E-state index contributed by atoms with van der Waals surface area (Å²) in [6.45, 7) is 2.40. The maximum atomic E-state index is 9.50. The fourth-order valence-electron chi connectivity index (χ4n) is 1.80. The Balaban J connectivity index is 1.89. The summed E-state index contributed by atoms with van der Waals surface area (Å²) in [5.74, 6) is 0.810. The van der Waals surface area contributed by atoms with E-state index in [1.54, 1.807) is 6.92 Å². The molecule has 2 heteroatoms. The summed E-state index contributed by atoms with van der Waals surface area (Å²) in [5.41, 5.74) is 2.15. The predicted molar refractivity (Wildman–Crippen MR) is 72.7 cm³/mol. The maximum Gasteiger partial charge on any atom is 0.119 e. The van der Waals surface area contributed by atoms with Gasteiger partial charge in [-0.2, -0.15) is 0 Å². The lowest BCUT2D eigenvalue weighted by atomic mass is 10.1. The van der Waals surface area contributed by atoms with Crippen LogP contribution in [0.25, 0.3) is 0 Å². The van der Waals surface area contributed by atoms with E-state index in [0.717, 1.165) is 17.7 Å². The third-order valence-electron chi connectivity index (χ3n) is 2.84. The summed E-state index contributed by atoms with van der Waals surface area (Å²) < 4.78 is 5.69. The lowest BCUT2D eigenvalue weighted by Gasteiger charge is -2.09. The Kier molecular flexibility index (Phi) is 4.37. The summed E-state index contributed by atoms with van der Waals surface area (Å²) in [4.78, 5) is 0. The van der Waals surface area contributed by atoms with Crippen LogP contribution >= 0.6 is 0 Å². The van der Waals surface area contributed by atoms with Crippen molar-refractivity contribution in [3.05, 3.63) is 65.7 Å². The first-order valence-corrected chi connectivity index (χ1v) is 6.20. The van der Waals surface area contributed by atoms with Gasteiger partial charge in [0.2, 0.25) is 0 Å². The molecular formula is C16H18O2. The minimum Gasteiger partial charge on any atom is -0.493 e. The van der Waals surface area contributed by atoms with E-state index in [1.165, 1.54) is 5.56 Å². The van der Waals surface area contributed by atoms with Crippen molar-refractivity contribution >= 4 is 0 Å². The molecule has 0 heterocycles. The molecular weight excluding hydrogens is 224 g/mol. The normalized spacial score (nSPS) is 12.1. The van der Waals surface area contributed by atoms with Crippen LogP contribution in [0.15, 0.2) is 54.6 Å². The minimum absolute atomic E-state index is 0.456. The number of hydrogen-bond donors (Lipinski definition) is 1. The molecule has 0 aromatic heterocycles. The largest absolute Gasteiger partial charge is 0.493 e. The molecule has 0 aliphatic carbocycles. The summed E-state index contributed by atoms with van der Waals surface area (Å²) in [6, 6.07) is 17.9. The molecule has 2 aromatic rings. The molecule has 0 saturated carbocycles. The zero-order valence-corrected chi connectivity index (χ0v) is 10.5. The van der Waals surface area contributed by atoms with Gasteiger partial charge in [0.1, 0.15) is 5.75 Å². The number of aliphatic hydroxyl groups is 1. The zero-order valence-electron chi connectivity index (χ0n) is 10.5. The highest BCUT2D eigenvalue weighted by molar-refractivity contribution is 5.29. The number of aliphatic hydroxyl groups excluding tert-OH is 1. The van der Waals surface area contributed by atoms with Crippen LogP contribution in [0, 0.1) is 0 Å². The molecule has 0 amide bonds. The average Bonchev–Trinajstić information content (AvgIpc) is 2.40. The van der Waals surface area contributed by atoms with Gasteiger partial charge in [0.25, 0.3) is 0 Å². The third-order valence-corrected chi connectivity index (χ3v) is 2.84. The highest BCUT2D eigenvalue weighted by Gasteiger charge is 2.02. The van der Waals surface area contributed by atoms with Gasteiger partial charge in [-0.3, -0.25) is 0 Å². The van der Waals surface area contributed by atoms with E-state index in [-0.39, 0.29) is 0 Å². The lowest BCUT2D eigenvalue weighted by molar-refractivity contribution is 0.198. The second kappa shape index (κ2) is 6.22. The van der Waals surface area contributed by atoms with Gasteiger partial charge in [-0.05, 0) is 30.2 Å². The van der Waals surface area contributed by atoms with Crippen molar-refractivity contribution in [3.63, 3.8) is 0 Å². The summed E-state index contributed by atoms with van der Waals surface area (Å²) in [6.07, 6.45) is 0.433. The number of hydrogen-bond acceptors (Lipinski definition) is 2. The number of benzene rings is 2. The van der Waals surface area contributed by atoms with Crippen molar-refractivity contribution in [2.75, 3.05) is 6.61 Å². The molecule has 0 saturated heterocycles. The van der Waals surface area contributed by atoms with Gasteiger partial charge in [0, 0.05) is 6.42 Å². The van der Waals surface area contributed by atoms with Crippen LogP contribution in [-0.4, -0.2) is 11.7 Å². The van der Waals surface area contributed by atoms with Gasteiger partial charge in [0.15, 0.2) is 0 Å². The van der Waals surface area contributed by atoms with E-state index >= 15 is 0 Å². The molecule has 2 nitrogen and oxygen atoms in total. The molecule has 1 N–H and O–H groups in total. The van der Waals surface area contributed by atoms with Gasteiger partial charge in [-0.15, -0.1) is 0 Å². The Morgan fingerprint density at radius 3 is 2.56 bits per heavy atom. The topological polar surface area (TPSA) is 29.5 Å². The Labute approximate surface area is 108 Å². The Bertz CT molecular complexity index is 477. The molecule has 0 aliphatic heterocycles. The molecule has 0 radical (unpaired) electrons. The van der Waals surface area contributed by atoms with Crippen LogP contribution in [0.2, 0.25) is 0 Å². The Hall–Kier alpha value is -1.80. The SMILES string of the molecule is C[C@H](O)c1cccc(OCCc2ccccc2)c1. The standard InChI is InChI=1S/C16H18O2/c1-13(17)15-8-5-9-16(12-15)18-11-10-14-6-3-2-4-7-14/h2-9,12-13,17H,10-11H2,1H3/t13-/m0/s1. The molecule has 2 aromatic carbocycles. The van der Waals surface area contributed by atoms with Crippen molar-refractivity contribution in [2.24, 2.45) is 0 Å². The van der Waals surface area contributed by atoms with Crippen molar-refractivity contribution in [3.8, 4) is 5.75 Å². The summed E-state index contributed by atoms with van der Waals surface area (Å²) in [5, 5.41) is 9.50. The fraction of sp³-hybridized carbons (Fsp3) is 0.250. The van der Waals surface area contributed by atoms with Gasteiger partial charge in [0.05, 0.1) is 12.7 Å². The van der Waals surface area contributed by atoms with Crippen LogP contribution in [0.1, 0.15) is 24.2 Å². The molecule has 0 fully saturated rings. The second-order valence-electron chi connectivity index (χ2n) is 4.33. The summed E-state index contributed by atoms with van der Waals surface area (Å²) >= 11 is 0. The first kappa shape index (κ1) is 12.7. The number of rotatable bonds is 5. The third kappa shape index (κ3) is 3.60. The van der Waals surface area contributed by atoms with Gasteiger partial charge in [-0.1, -0.05) is 42.5 Å². The van der Waals surface area contributed by atoms with Crippen molar-refractivity contribution < 1.29 is 9.84 Å². The van der Waals surface area contributed by atoms with Crippen molar-refractivity contribution in [1.82, 2.24) is 0 Å². The van der Waals surface area contributed by atoms with Crippen LogP contribution in [-0.2, 0) is 6.42 Å². The molecule has 2 rings (SSSR count). The average molecular weight is 242 g/mol. The van der Waals surface area contributed by atoms with E-state index in [2.05, 4.69) is 12.1 Å². The van der Waals surface area contributed by atoms with Crippen molar-refractivity contribution in [2.45, 2.75) is 19.4 Å². The van der Waals surface area contributed by atoms with Crippen LogP contribution in [0.3, 0.4) is 0 Å². The molecule has 0 unspecified atom stereocenters. The molecule has 0 aliphatic rings. The predicted octanol–water partition coefficient (Wildman–Crippen LogP) is 3.36. The lowest BCUT2D eigenvalue weighted by Crippen LogP contribution is -2.02. The van der Waals surface area contributed by atoms with Gasteiger partial charge < -0.3 is 9.84 Å². The highest BCUT2D eigenvalue weighted by atomic mass is 16.5. The first-order chi connectivity index (χ1) is 8.75. The first-order valence-electron chi connectivity index (χ1n) is 6.20.